The van der Waals surface area contributed by atoms with Crippen LogP contribution in [0.2, 0.25) is 0 Å². The monoisotopic (exact) mass is 1110 g/mol. The van der Waals surface area contributed by atoms with Gasteiger partial charge in [-0.1, -0.05) is 211 Å². The number of rotatable bonds is 17. The van der Waals surface area contributed by atoms with Crippen LogP contribution in [0.3, 0.4) is 0 Å². The van der Waals surface area contributed by atoms with Crippen molar-refractivity contribution < 1.29 is 0 Å². The largest absolute Gasteiger partial charge is 0.0651 e. The third kappa shape index (κ3) is 36.6. The van der Waals surface area contributed by atoms with Crippen molar-refractivity contribution in [2.24, 2.45) is 148 Å². The molecule has 0 radical (unpaired) electrons. The molecule has 16 atom stereocenters. The molecule has 3 aliphatic carbocycles. The average Bonchev–Trinajstić information content (AvgIpc) is 4.06. The van der Waals surface area contributed by atoms with Crippen LogP contribution in [0.25, 0.3) is 0 Å². The summed E-state index contributed by atoms with van der Waals surface area (Å²) in [6.45, 7) is 58.3. The second kappa shape index (κ2) is 41.2. The Balaban J connectivity index is 0.00000141. The van der Waals surface area contributed by atoms with E-state index in [9.17, 15) is 0 Å². The molecule has 16 unspecified atom stereocenters. The van der Waals surface area contributed by atoms with Crippen molar-refractivity contribution in [2.75, 3.05) is 0 Å². The quantitative estimate of drug-likeness (QED) is 0.136. The third-order valence-corrected chi connectivity index (χ3v) is 21.7. The Kier molecular flexibility index (Phi) is 39.1. The van der Waals surface area contributed by atoms with Gasteiger partial charge in [-0.15, -0.1) is 0 Å². The van der Waals surface area contributed by atoms with Gasteiger partial charge in [-0.2, -0.15) is 0 Å². The highest BCUT2D eigenvalue weighted by Gasteiger charge is 2.37. The molecule has 0 bridgehead atoms. The van der Waals surface area contributed by atoms with Gasteiger partial charge in [0.25, 0.3) is 0 Å². The second-order valence-electron chi connectivity index (χ2n) is 34.7. The van der Waals surface area contributed by atoms with E-state index in [1.807, 2.05) is 0 Å². The molecule has 0 aromatic carbocycles. The first-order valence-corrected chi connectivity index (χ1v) is 37.1. The Labute approximate surface area is 503 Å². The minimum absolute atomic E-state index is 0.805. The normalized spacial score (nSPS) is 36.8. The van der Waals surface area contributed by atoms with E-state index in [4.69, 9.17) is 0 Å². The topological polar surface area (TPSA) is 0 Å². The summed E-state index contributed by atoms with van der Waals surface area (Å²) in [4.78, 5) is 0. The van der Waals surface area contributed by atoms with E-state index < -0.39 is 0 Å². The van der Waals surface area contributed by atoms with Crippen LogP contribution in [0.4, 0.5) is 0 Å². The fourth-order valence-corrected chi connectivity index (χ4v) is 18.4. The van der Waals surface area contributed by atoms with Gasteiger partial charge in [0.15, 0.2) is 0 Å². The second-order valence-corrected chi connectivity index (χ2v) is 34.7. The SMILES string of the molecule is CC(C)CC1CC(C)CCC(C)CC(CC(C)C)CC(C)CC(CC(C)C)CC(C)CCC(C)CC(CC(C)C)CC(C)CC(CC(C)C)CC(C)CCC(C)CC(CC(C)C)CC(C)C1.CCC1CCC1CCC1CC1CC. The first kappa shape index (κ1) is 75.1. The van der Waals surface area contributed by atoms with Gasteiger partial charge in [0, 0.05) is 0 Å². The molecule has 0 aromatic rings. The third-order valence-electron chi connectivity index (χ3n) is 21.7. The van der Waals surface area contributed by atoms with Crippen LogP contribution in [0.5, 0.6) is 0 Å². The van der Waals surface area contributed by atoms with E-state index in [-0.39, 0.29) is 0 Å². The lowest BCUT2D eigenvalue weighted by atomic mass is 9.70. The molecular formula is C79H156. The smallest absolute Gasteiger partial charge is 0.0383 e. The van der Waals surface area contributed by atoms with Gasteiger partial charge < -0.3 is 0 Å². The van der Waals surface area contributed by atoms with Crippen LogP contribution in [-0.4, -0.2) is 0 Å². The number of hydrogen-bond acceptors (Lipinski definition) is 0. The van der Waals surface area contributed by atoms with Gasteiger partial charge in [0.05, 0.1) is 0 Å². The van der Waals surface area contributed by atoms with Gasteiger partial charge >= 0.3 is 0 Å². The minimum Gasteiger partial charge on any atom is -0.0651 e. The maximum absolute atomic E-state index is 2.65. The fraction of sp³-hybridized carbons (Fsp3) is 1.00. The molecule has 3 saturated carbocycles. The molecular weight excluding hydrogens is 949 g/mol. The van der Waals surface area contributed by atoms with E-state index in [1.165, 1.54) is 173 Å². The molecule has 0 nitrogen and oxygen atoms in total. The van der Waals surface area contributed by atoms with Crippen molar-refractivity contribution in [1.29, 1.82) is 0 Å². The van der Waals surface area contributed by atoms with E-state index in [0.29, 0.717) is 0 Å². The predicted molar refractivity (Wildman–Crippen MR) is 361 cm³/mol. The lowest BCUT2D eigenvalue weighted by molar-refractivity contribution is 0.153. The Morgan fingerprint density at radius 3 is 0.570 bits per heavy atom. The van der Waals surface area contributed by atoms with E-state index in [0.717, 1.165) is 148 Å². The molecule has 3 rings (SSSR count). The van der Waals surface area contributed by atoms with E-state index in [1.54, 1.807) is 25.7 Å². The van der Waals surface area contributed by atoms with Crippen LogP contribution in [0.15, 0.2) is 0 Å². The average molecular weight is 1110 g/mol. The maximum Gasteiger partial charge on any atom is -0.0383 e. The van der Waals surface area contributed by atoms with Crippen molar-refractivity contribution in [1.82, 2.24) is 0 Å². The summed E-state index contributed by atoms with van der Waals surface area (Å²) in [5, 5.41) is 0. The van der Waals surface area contributed by atoms with Crippen LogP contribution in [0, 0.1) is 148 Å². The van der Waals surface area contributed by atoms with Gasteiger partial charge in [0.1, 0.15) is 0 Å². The highest BCUT2D eigenvalue weighted by atomic mass is 14.4. The first-order valence-electron chi connectivity index (χ1n) is 37.1. The van der Waals surface area contributed by atoms with Crippen molar-refractivity contribution >= 4 is 0 Å². The molecule has 3 aliphatic rings. The highest BCUT2D eigenvalue weighted by Crippen LogP contribution is 2.48. The number of hydrogen-bond donors (Lipinski definition) is 0. The molecule has 0 aromatic heterocycles. The fourth-order valence-electron chi connectivity index (χ4n) is 18.4. The molecule has 0 spiro atoms. The Morgan fingerprint density at radius 1 is 0.215 bits per heavy atom. The van der Waals surface area contributed by atoms with Gasteiger partial charge in [-0.3, -0.25) is 0 Å². The molecule has 3 fully saturated rings. The molecule has 0 heteroatoms. The summed E-state index contributed by atoms with van der Waals surface area (Å²) in [5.74, 6) is 22.3. The summed E-state index contributed by atoms with van der Waals surface area (Å²) in [6, 6.07) is 0. The molecule has 0 heterocycles. The van der Waals surface area contributed by atoms with Gasteiger partial charge in [-0.25, -0.2) is 0 Å². The first-order chi connectivity index (χ1) is 37.1. The summed E-state index contributed by atoms with van der Waals surface area (Å²) in [7, 11) is 0. The van der Waals surface area contributed by atoms with Crippen molar-refractivity contribution in [3.63, 3.8) is 0 Å². The van der Waals surface area contributed by atoms with Crippen molar-refractivity contribution in [2.45, 2.75) is 358 Å². The zero-order valence-electron chi connectivity index (χ0n) is 59.4. The molecule has 0 amide bonds. The van der Waals surface area contributed by atoms with Crippen molar-refractivity contribution in [3.05, 3.63) is 0 Å². The molecule has 79 heavy (non-hydrogen) atoms. The predicted octanol–water partition coefficient (Wildman–Crippen LogP) is 27.0. The Bertz CT molecular complexity index is 1190. The summed E-state index contributed by atoms with van der Waals surface area (Å²) < 4.78 is 0. The van der Waals surface area contributed by atoms with E-state index >= 15 is 0 Å². The molecule has 472 valence electrons. The van der Waals surface area contributed by atoms with Crippen LogP contribution < -0.4 is 0 Å². The molecule has 0 aliphatic heterocycles. The van der Waals surface area contributed by atoms with Crippen LogP contribution in [-0.2, 0) is 0 Å². The van der Waals surface area contributed by atoms with Crippen LogP contribution in [0.1, 0.15) is 358 Å². The zero-order valence-corrected chi connectivity index (χ0v) is 59.4. The van der Waals surface area contributed by atoms with Crippen LogP contribution >= 0.6 is 0 Å². The molecule has 0 saturated heterocycles. The zero-order chi connectivity index (χ0) is 59.4. The maximum atomic E-state index is 2.65. The minimum atomic E-state index is 0.805. The Morgan fingerprint density at radius 2 is 0.405 bits per heavy atom. The highest BCUT2D eigenvalue weighted by molar-refractivity contribution is 4.88. The summed E-state index contributed by atoms with van der Waals surface area (Å²) >= 11 is 0. The van der Waals surface area contributed by atoms with Gasteiger partial charge in [-0.05, 0) is 296 Å². The van der Waals surface area contributed by atoms with E-state index in [2.05, 4.69) is 159 Å². The lowest BCUT2D eigenvalue weighted by Crippen LogP contribution is -2.25. The summed E-state index contributed by atoms with van der Waals surface area (Å²) in [6.07, 6.45) is 45.2. The molecule has 0 N–H and O–H groups in total. The van der Waals surface area contributed by atoms with Crippen molar-refractivity contribution in [3.8, 4) is 0 Å². The summed E-state index contributed by atoms with van der Waals surface area (Å²) in [5.41, 5.74) is 0. The lowest BCUT2D eigenvalue weighted by Gasteiger charge is -2.36. The van der Waals surface area contributed by atoms with Gasteiger partial charge in [0.2, 0.25) is 0 Å². The Hall–Kier alpha value is 0. The standard InChI is InChI=1S/C66H132.C13H24/c1-46(2)28-61-34-52(13)22-23-53(14)36-63(30-48(5)6)42-59(20)43-65(32-50(9)10)38-56(17)26-27-57(18)39-66(33-51(11)12)45-60(21)44-64(31-49(7)8)37-55(16)25-24-54(15)35-62(29-47(3)4)41-58(19)40-61;1-3-10-5-6-12(10)7-8-13-9-11(13)4-2/h46-66H,22-45H2,1-21H3;10-13H,3-9H2,1-2H3.